The average Bonchev–Trinajstić information content (AvgIpc) is 2.30. The van der Waals surface area contributed by atoms with E-state index in [0.29, 0.717) is 11.2 Å². The normalized spacial score (nSPS) is 44.7. The molecule has 1 saturated carbocycles. The zero-order valence-electron chi connectivity index (χ0n) is 4.65. The molecule has 1 aliphatic heterocycles. The van der Waals surface area contributed by atoms with Gasteiger partial charge in [0.25, 0.3) is 0 Å². The van der Waals surface area contributed by atoms with Crippen LogP contribution in [-0.4, -0.2) is 16.3 Å². The largest absolute Gasteiger partial charge is 0.481 e. The molecule has 0 aromatic carbocycles. The molecule has 0 amide bonds. The maximum atomic E-state index is 10.3. The molecule has 0 bridgehead atoms. The summed E-state index contributed by atoms with van der Waals surface area (Å²) < 4.78 is 0. The van der Waals surface area contributed by atoms with Crippen LogP contribution in [-0.2, 0) is 4.79 Å². The summed E-state index contributed by atoms with van der Waals surface area (Å²) in [6, 6.07) is 0. The van der Waals surface area contributed by atoms with Crippen molar-refractivity contribution in [3.63, 3.8) is 0 Å². The zero-order valence-corrected chi connectivity index (χ0v) is 5.47. The zero-order chi connectivity index (χ0) is 6.43. The number of carbonyl (C=O) groups is 1. The van der Waals surface area contributed by atoms with Gasteiger partial charge in [-0.15, -0.1) is 11.8 Å². The molecule has 0 aromatic rings. The monoisotopic (exact) mass is 142 g/mol. The fourth-order valence-corrected chi connectivity index (χ4v) is 2.51. The molecule has 2 rings (SSSR count). The van der Waals surface area contributed by atoms with Crippen molar-refractivity contribution < 1.29 is 9.90 Å². The minimum Gasteiger partial charge on any atom is -0.481 e. The van der Waals surface area contributed by atoms with Gasteiger partial charge in [0.1, 0.15) is 0 Å². The lowest BCUT2D eigenvalue weighted by molar-refractivity contribution is -0.138. The van der Waals surface area contributed by atoms with Gasteiger partial charge in [0.05, 0.1) is 5.92 Å². The second kappa shape index (κ2) is 1.53. The fourth-order valence-electron chi connectivity index (χ4n) is 1.24. The molecule has 3 heteroatoms. The molecular weight excluding hydrogens is 136 g/mol. The first kappa shape index (κ1) is 5.35. The Hall–Kier alpha value is -0.440. The molecule has 0 spiro atoms. The molecule has 48 valence electrons. The van der Waals surface area contributed by atoms with Crippen molar-refractivity contribution in [1.82, 2.24) is 0 Å². The van der Waals surface area contributed by atoms with Gasteiger partial charge in [-0.05, 0) is 5.41 Å². The highest BCUT2D eigenvalue weighted by atomic mass is 32.2. The Morgan fingerprint density at radius 2 is 2.44 bits per heavy atom. The van der Waals surface area contributed by atoms with Gasteiger partial charge < -0.3 is 5.11 Å². The Kier molecular flexibility index (Phi) is 0.913. The Morgan fingerprint density at radius 1 is 1.67 bits per heavy atom. The van der Waals surface area contributed by atoms with E-state index < -0.39 is 5.97 Å². The van der Waals surface area contributed by atoms with Gasteiger partial charge in [0, 0.05) is 11.2 Å². The smallest absolute Gasteiger partial charge is 0.308 e. The molecule has 1 aliphatic carbocycles. The van der Waals surface area contributed by atoms with Crippen LogP contribution in [0.4, 0.5) is 0 Å². The summed E-state index contributed by atoms with van der Waals surface area (Å²) in [6.07, 6.45) is 1.99. The van der Waals surface area contributed by atoms with Crippen molar-refractivity contribution >= 4 is 17.7 Å². The van der Waals surface area contributed by atoms with E-state index in [1.165, 1.54) is 0 Å². The summed E-state index contributed by atoms with van der Waals surface area (Å²) in [6.45, 7) is 0. The molecule has 1 N–H and O–H groups in total. The molecule has 2 nitrogen and oxygen atoms in total. The minimum atomic E-state index is -0.637. The highest BCUT2D eigenvalue weighted by Crippen LogP contribution is 2.54. The Balaban J connectivity index is 2.10. The van der Waals surface area contributed by atoms with Gasteiger partial charge >= 0.3 is 5.97 Å². The molecule has 0 unspecified atom stereocenters. The van der Waals surface area contributed by atoms with E-state index in [0.717, 1.165) is 0 Å². The molecule has 0 aromatic heterocycles. The van der Waals surface area contributed by atoms with Gasteiger partial charge in [-0.2, -0.15) is 0 Å². The van der Waals surface area contributed by atoms with Gasteiger partial charge in [-0.3, -0.25) is 4.79 Å². The molecule has 0 radical (unpaired) electrons. The lowest BCUT2D eigenvalue weighted by Crippen LogP contribution is -2.01. The molecule has 3 atom stereocenters. The van der Waals surface area contributed by atoms with E-state index in [1.54, 1.807) is 11.8 Å². The molecule has 0 saturated heterocycles. The number of carboxylic acid groups (broad SMARTS) is 1. The number of rotatable bonds is 1. The number of fused-ring (bicyclic) bond motifs is 1. The lowest BCUT2D eigenvalue weighted by Gasteiger charge is -1.87. The van der Waals surface area contributed by atoms with E-state index in [4.69, 9.17) is 5.11 Å². The third-order valence-electron chi connectivity index (χ3n) is 1.83. The van der Waals surface area contributed by atoms with Gasteiger partial charge in [-0.1, -0.05) is 6.08 Å². The van der Waals surface area contributed by atoms with Crippen molar-refractivity contribution in [2.75, 3.05) is 0 Å². The summed E-state index contributed by atoms with van der Waals surface area (Å²) in [5, 5.41) is 10.9. The number of allylic oxidation sites excluding steroid dienone is 1. The SMILES string of the molecule is O=C(O)[C@@H]1[C@H]2C=CS[C@@H]21. The predicted molar refractivity (Wildman–Crippen MR) is 35.1 cm³/mol. The van der Waals surface area contributed by atoms with E-state index in [-0.39, 0.29) is 5.92 Å². The van der Waals surface area contributed by atoms with Crippen LogP contribution in [0.1, 0.15) is 0 Å². The van der Waals surface area contributed by atoms with Crippen molar-refractivity contribution in [3.8, 4) is 0 Å². The van der Waals surface area contributed by atoms with Crippen molar-refractivity contribution in [3.05, 3.63) is 11.5 Å². The first-order valence-electron chi connectivity index (χ1n) is 2.85. The first-order valence-corrected chi connectivity index (χ1v) is 3.80. The first-order chi connectivity index (χ1) is 4.30. The summed E-state index contributed by atoms with van der Waals surface area (Å²) >= 11 is 1.65. The van der Waals surface area contributed by atoms with Crippen molar-refractivity contribution in [2.24, 2.45) is 11.8 Å². The summed E-state index contributed by atoms with van der Waals surface area (Å²) in [7, 11) is 0. The molecule has 1 fully saturated rings. The van der Waals surface area contributed by atoms with E-state index in [2.05, 4.69) is 0 Å². The minimum absolute atomic E-state index is 0.0694. The van der Waals surface area contributed by atoms with Gasteiger partial charge in [0.15, 0.2) is 0 Å². The van der Waals surface area contributed by atoms with Crippen molar-refractivity contribution in [1.29, 1.82) is 0 Å². The number of hydrogen-bond acceptors (Lipinski definition) is 2. The summed E-state index contributed by atoms with van der Waals surface area (Å²) in [5.41, 5.74) is 0. The number of hydrogen-bond donors (Lipinski definition) is 1. The van der Waals surface area contributed by atoms with Crippen LogP contribution in [0.25, 0.3) is 0 Å². The van der Waals surface area contributed by atoms with Crippen LogP contribution in [0.2, 0.25) is 0 Å². The predicted octanol–water partition coefficient (Wildman–Crippen LogP) is 0.946. The highest BCUT2D eigenvalue weighted by Gasteiger charge is 2.55. The molecular formula is C6H6O2S. The third kappa shape index (κ3) is 0.611. The fraction of sp³-hybridized carbons (Fsp3) is 0.500. The highest BCUT2D eigenvalue weighted by molar-refractivity contribution is 8.03. The standard InChI is InChI=1S/C6H6O2S/c7-6(8)4-3-1-2-9-5(3)4/h1-5H,(H,7,8)/t3-,4-,5+/m1/s1. The second-order valence-corrected chi connectivity index (χ2v) is 3.46. The Bertz CT molecular complexity index is 187. The van der Waals surface area contributed by atoms with Crippen LogP contribution in [0.15, 0.2) is 11.5 Å². The van der Waals surface area contributed by atoms with E-state index in [1.807, 2.05) is 11.5 Å². The van der Waals surface area contributed by atoms with Crippen LogP contribution in [0.5, 0.6) is 0 Å². The summed E-state index contributed by atoms with van der Waals surface area (Å²) in [4.78, 5) is 10.3. The topological polar surface area (TPSA) is 37.3 Å². The lowest BCUT2D eigenvalue weighted by atomic mass is 10.3. The Morgan fingerprint density at radius 3 is 2.78 bits per heavy atom. The molecule has 9 heavy (non-hydrogen) atoms. The quantitative estimate of drug-likeness (QED) is 0.592. The van der Waals surface area contributed by atoms with Gasteiger partial charge in [0.2, 0.25) is 0 Å². The van der Waals surface area contributed by atoms with E-state index >= 15 is 0 Å². The van der Waals surface area contributed by atoms with Crippen LogP contribution in [0.3, 0.4) is 0 Å². The van der Waals surface area contributed by atoms with Crippen LogP contribution >= 0.6 is 11.8 Å². The maximum absolute atomic E-state index is 10.3. The molecule has 1 heterocycles. The average molecular weight is 142 g/mol. The number of carboxylic acids is 1. The van der Waals surface area contributed by atoms with Crippen molar-refractivity contribution in [2.45, 2.75) is 5.25 Å². The number of thioether (sulfide) groups is 1. The van der Waals surface area contributed by atoms with Gasteiger partial charge in [-0.25, -0.2) is 0 Å². The Labute approximate surface area is 56.9 Å². The third-order valence-corrected chi connectivity index (χ3v) is 3.06. The second-order valence-electron chi connectivity index (χ2n) is 2.37. The van der Waals surface area contributed by atoms with Crippen LogP contribution < -0.4 is 0 Å². The molecule has 2 aliphatic rings. The van der Waals surface area contributed by atoms with E-state index in [9.17, 15) is 4.79 Å². The van der Waals surface area contributed by atoms with Crippen LogP contribution in [0, 0.1) is 11.8 Å². The maximum Gasteiger partial charge on any atom is 0.308 e. The number of aliphatic carboxylic acids is 1. The summed E-state index contributed by atoms with van der Waals surface area (Å²) in [5.74, 6) is -0.352.